The molecule has 0 heterocycles. The number of hydrogen-bond acceptors (Lipinski definition) is 5. The number of hydrogen-bond donors (Lipinski definition) is 2. The quantitative estimate of drug-likeness (QED) is 0.503. The monoisotopic (exact) mass is 364 g/mol. The third kappa shape index (κ3) is 4.39. The highest BCUT2D eigenvalue weighted by atomic mass is 16.7. The van der Waals surface area contributed by atoms with Gasteiger partial charge < -0.3 is 19.7 Å². The second kappa shape index (κ2) is 7.41. The fourth-order valence-electron chi connectivity index (χ4n) is 2.71. The Morgan fingerprint density at radius 1 is 0.667 bits per heavy atom. The van der Waals surface area contributed by atoms with Crippen molar-refractivity contribution < 1.29 is 24.5 Å². The number of ether oxygens (including phenoxy) is 2. The lowest BCUT2D eigenvalue weighted by molar-refractivity contribution is 0.152. The van der Waals surface area contributed by atoms with Crippen molar-refractivity contribution in [3.8, 4) is 23.0 Å². The Morgan fingerprint density at radius 2 is 1.00 bits per heavy atom. The van der Waals surface area contributed by atoms with E-state index in [2.05, 4.69) is 13.8 Å². The van der Waals surface area contributed by atoms with E-state index in [1.807, 2.05) is 24.3 Å². The van der Waals surface area contributed by atoms with Gasteiger partial charge in [0.1, 0.15) is 23.0 Å². The summed E-state index contributed by atoms with van der Waals surface area (Å²) in [5.74, 6) is 0.958. The normalized spacial score (nSPS) is 11.0. The summed E-state index contributed by atoms with van der Waals surface area (Å²) in [7, 11) is 0. The van der Waals surface area contributed by atoms with E-state index in [0.29, 0.717) is 5.75 Å². The lowest BCUT2D eigenvalue weighted by Gasteiger charge is -2.26. The van der Waals surface area contributed by atoms with Crippen LogP contribution in [0.3, 0.4) is 0 Å². The minimum atomic E-state index is -0.855. The summed E-state index contributed by atoms with van der Waals surface area (Å²) in [5.41, 5.74) is 1.81. The molecule has 0 bridgehead atoms. The van der Waals surface area contributed by atoms with Gasteiger partial charge in [-0.15, -0.1) is 0 Å². The predicted octanol–water partition coefficient (Wildman–Crippen LogP) is 5.00. The molecule has 0 radical (unpaired) electrons. The molecule has 0 aliphatic carbocycles. The number of rotatable bonds is 4. The molecule has 0 aromatic heterocycles. The molecule has 0 aliphatic heterocycles. The van der Waals surface area contributed by atoms with Gasteiger partial charge in [0.15, 0.2) is 0 Å². The van der Waals surface area contributed by atoms with Crippen molar-refractivity contribution in [2.24, 2.45) is 0 Å². The highest BCUT2D eigenvalue weighted by Crippen LogP contribution is 2.33. The molecule has 0 fully saturated rings. The molecule has 2 N–H and O–H groups in total. The van der Waals surface area contributed by atoms with Crippen molar-refractivity contribution in [1.29, 1.82) is 0 Å². The molecule has 0 saturated carbocycles. The number of carbonyl (C=O) groups is 1. The molecule has 0 unspecified atom stereocenters. The van der Waals surface area contributed by atoms with Crippen LogP contribution in [-0.2, 0) is 5.41 Å². The summed E-state index contributed by atoms with van der Waals surface area (Å²) < 4.78 is 10.2. The van der Waals surface area contributed by atoms with E-state index in [1.54, 1.807) is 24.3 Å². The zero-order chi connectivity index (χ0) is 19.4. The Balaban J connectivity index is 1.68. The van der Waals surface area contributed by atoms with Crippen LogP contribution < -0.4 is 9.47 Å². The van der Waals surface area contributed by atoms with Gasteiger partial charge in [-0.1, -0.05) is 38.1 Å². The number of aromatic hydroxyl groups is 2. The van der Waals surface area contributed by atoms with Crippen molar-refractivity contribution >= 4 is 6.16 Å². The molecule has 0 saturated heterocycles. The zero-order valence-electron chi connectivity index (χ0n) is 15.0. The Labute approximate surface area is 157 Å². The maximum Gasteiger partial charge on any atom is 0.519 e. The van der Waals surface area contributed by atoms with Crippen molar-refractivity contribution in [3.63, 3.8) is 0 Å². The summed E-state index contributed by atoms with van der Waals surface area (Å²) in [6, 6.07) is 20.0. The summed E-state index contributed by atoms with van der Waals surface area (Å²) in [6.45, 7) is 4.16. The summed E-state index contributed by atoms with van der Waals surface area (Å²) >= 11 is 0. The van der Waals surface area contributed by atoms with Crippen LogP contribution in [0.1, 0.15) is 25.0 Å². The van der Waals surface area contributed by atoms with E-state index in [-0.39, 0.29) is 22.7 Å². The fourth-order valence-corrected chi connectivity index (χ4v) is 2.71. The van der Waals surface area contributed by atoms with Gasteiger partial charge in [0.05, 0.1) is 0 Å². The maximum absolute atomic E-state index is 11.9. The molecule has 3 aromatic rings. The van der Waals surface area contributed by atoms with E-state index >= 15 is 0 Å². The molecule has 3 aromatic carbocycles. The second-order valence-electron chi connectivity index (χ2n) is 6.64. The molecule has 0 spiro atoms. The molecule has 0 amide bonds. The van der Waals surface area contributed by atoms with Crippen molar-refractivity contribution in [2.75, 3.05) is 0 Å². The van der Waals surface area contributed by atoms with Gasteiger partial charge >= 0.3 is 6.16 Å². The van der Waals surface area contributed by atoms with Crippen LogP contribution in [0, 0.1) is 0 Å². The van der Waals surface area contributed by atoms with Crippen molar-refractivity contribution in [1.82, 2.24) is 0 Å². The molecule has 0 aliphatic rings. The summed E-state index contributed by atoms with van der Waals surface area (Å²) in [5, 5.41) is 18.7. The van der Waals surface area contributed by atoms with Gasteiger partial charge in [0.2, 0.25) is 0 Å². The van der Waals surface area contributed by atoms with Crippen molar-refractivity contribution in [2.45, 2.75) is 19.3 Å². The van der Waals surface area contributed by atoms with Gasteiger partial charge in [-0.05, 0) is 59.7 Å². The predicted molar refractivity (Wildman–Crippen MR) is 101 cm³/mol. The standard InChI is InChI=1S/C22H20O5/c1-22(2,15-3-7-17(23)8-4-15)16-5-11-19(12-6-16)26-21(25)27-20-13-9-18(24)10-14-20/h3-14,23-24H,1-2H3. The van der Waals surface area contributed by atoms with E-state index in [1.165, 1.54) is 24.3 Å². The molecular formula is C22H20O5. The van der Waals surface area contributed by atoms with Gasteiger partial charge in [0.25, 0.3) is 0 Å². The average molecular weight is 364 g/mol. The highest BCUT2D eigenvalue weighted by Gasteiger charge is 2.23. The van der Waals surface area contributed by atoms with Gasteiger partial charge in [-0.3, -0.25) is 0 Å². The molecule has 5 heteroatoms. The Bertz CT molecular complexity index is 910. The smallest absolute Gasteiger partial charge is 0.508 e. The Hall–Kier alpha value is -3.47. The van der Waals surface area contributed by atoms with Crippen LogP contribution >= 0.6 is 0 Å². The minimum Gasteiger partial charge on any atom is -0.508 e. The first-order chi connectivity index (χ1) is 12.8. The molecular weight excluding hydrogens is 344 g/mol. The van der Waals surface area contributed by atoms with Gasteiger partial charge in [0, 0.05) is 5.41 Å². The maximum atomic E-state index is 11.9. The number of benzene rings is 3. The first-order valence-corrected chi connectivity index (χ1v) is 8.43. The van der Waals surface area contributed by atoms with E-state index in [4.69, 9.17) is 9.47 Å². The number of carbonyl (C=O) groups excluding carboxylic acids is 1. The third-order valence-electron chi connectivity index (χ3n) is 4.40. The van der Waals surface area contributed by atoms with Crippen molar-refractivity contribution in [3.05, 3.63) is 83.9 Å². The lowest BCUT2D eigenvalue weighted by atomic mass is 9.78. The first kappa shape index (κ1) is 18.3. The topological polar surface area (TPSA) is 76.0 Å². The van der Waals surface area contributed by atoms with Crippen LogP contribution in [-0.4, -0.2) is 16.4 Å². The van der Waals surface area contributed by atoms with Crippen LogP contribution in [0.25, 0.3) is 0 Å². The average Bonchev–Trinajstić information content (AvgIpc) is 2.64. The van der Waals surface area contributed by atoms with Gasteiger partial charge in [-0.25, -0.2) is 4.79 Å². The largest absolute Gasteiger partial charge is 0.519 e. The Morgan fingerprint density at radius 3 is 1.44 bits per heavy atom. The lowest BCUT2D eigenvalue weighted by Crippen LogP contribution is -2.19. The van der Waals surface area contributed by atoms with E-state index < -0.39 is 6.16 Å². The highest BCUT2D eigenvalue weighted by molar-refractivity contribution is 5.67. The van der Waals surface area contributed by atoms with E-state index in [0.717, 1.165) is 11.1 Å². The molecule has 138 valence electrons. The van der Waals surface area contributed by atoms with Crippen LogP contribution in [0.2, 0.25) is 0 Å². The van der Waals surface area contributed by atoms with Crippen LogP contribution in [0.15, 0.2) is 72.8 Å². The van der Waals surface area contributed by atoms with Crippen LogP contribution in [0.5, 0.6) is 23.0 Å². The molecule has 27 heavy (non-hydrogen) atoms. The zero-order valence-corrected chi connectivity index (χ0v) is 15.0. The van der Waals surface area contributed by atoms with Gasteiger partial charge in [-0.2, -0.15) is 0 Å². The third-order valence-corrected chi connectivity index (χ3v) is 4.40. The van der Waals surface area contributed by atoms with Crippen LogP contribution in [0.4, 0.5) is 4.79 Å². The first-order valence-electron chi connectivity index (χ1n) is 8.43. The molecule has 3 rings (SSSR count). The summed E-state index contributed by atoms with van der Waals surface area (Å²) in [6.07, 6.45) is -0.855. The number of phenols is 2. The Kier molecular flexibility index (Phi) is 5.03. The number of phenolic OH excluding ortho intramolecular Hbond substituents is 2. The minimum absolute atomic E-state index is 0.0857. The molecule has 0 atom stereocenters. The molecule has 5 nitrogen and oxygen atoms in total. The SMILES string of the molecule is CC(C)(c1ccc(O)cc1)c1ccc(OC(=O)Oc2ccc(O)cc2)cc1. The second-order valence-corrected chi connectivity index (χ2v) is 6.64. The summed E-state index contributed by atoms with van der Waals surface area (Å²) in [4.78, 5) is 11.9. The van der Waals surface area contributed by atoms with E-state index in [9.17, 15) is 15.0 Å². The fraction of sp³-hybridized carbons (Fsp3) is 0.136.